The Morgan fingerprint density at radius 2 is 1.64 bits per heavy atom. The van der Waals surface area contributed by atoms with Gasteiger partial charge in [-0.25, -0.2) is 22.4 Å². The Balaban J connectivity index is 2.93. The molecule has 0 unspecified atom stereocenters. The van der Waals surface area contributed by atoms with E-state index in [4.69, 9.17) is 4.74 Å². The van der Waals surface area contributed by atoms with Gasteiger partial charge >= 0.3 is 6.03 Å². The average molecular weight is 322 g/mol. The van der Waals surface area contributed by atoms with Gasteiger partial charge in [0.15, 0.2) is 5.54 Å². The quantitative estimate of drug-likeness (QED) is 0.808. The molecule has 4 nitrogen and oxygen atoms in total. The predicted molar refractivity (Wildman–Crippen MR) is 74.8 cm³/mol. The highest BCUT2D eigenvalue weighted by molar-refractivity contribution is 5.90. The molecule has 0 atom stereocenters. The zero-order valence-electron chi connectivity index (χ0n) is 12.6. The zero-order chi connectivity index (χ0) is 17.2. The summed E-state index contributed by atoms with van der Waals surface area (Å²) in [5.74, 6) is -7.25. The third-order valence-electron chi connectivity index (χ3n) is 3.45. The van der Waals surface area contributed by atoms with E-state index in [1.54, 1.807) is 17.4 Å². The summed E-state index contributed by atoms with van der Waals surface area (Å²) in [7, 11) is 1.41. The van der Waals surface area contributed by atoms with Gasteiger partial charge in [-0.3, -0.25) is 0 Å². The van der Waals surface area contributed by atoms with Gasteiger partial charge in [-0.15, -0.1) is 0 Å². The molecule has 0 saturated carbocycles. The second-order valence-corrected chi connectivity index (χ2v) is 5.21. The molecule has 0 spiro atoms. The van der Waals surface area contributed by atoms with Crippen molar-refractivity contribution in [3.05, 3.63) is 24.3 Å². The Bertz CT molecular complexity index is 524. The van der Waals surface area contributed by atoms with Gasteiger partial charge in [0.1, 0.15) is 5.75 Å². The normalized spacial score (nSPS) is 12.7. The number of carbonyl (C=O) groups is 1. The number of hydrogen-bond acceptors (Lipinski definition) is 2. The molecule has 2 amide bonds. The van der Waals surface area contributed by atoms with Crippen LogP contribution in [-0.2, 0) is 0 Å². The van der Waals surface area contributed by atoms with Crippen LogP contribution in [0.1, 0.15) is 20.8 Å². The minimum absolute atomic E-state index is 0.220. The standard InChI is InChI=1S/C14H18F4N2O2/c1-12(13(2,15)16,14(3,17)18)20-11(21)19-9-6-5-7-10(8-9)22-4/h5-8H,1-4H3,(H2,19,20,21). The minimum Gasteiger partial charge on any atom is -0.497 e. The lowest BCUT2D eigenvalue weighted by molar-refractivity contribution is -0.173. The third kappa shape index (κ3) is 3.80. The summed E-state index contributed by atoms with van der Waals surface area (Å²) >= 11 is 0. The second-order valence-electron chi connectivity index (χ2n) is 5.21. The Labute approximate surface area is 125 Å². The van der Waals surface area contributed by atoms with Crippen molar-refractivity contribution in [2.75, 3.05) is 12.4 Å². The van der Waals surface area contributed by atoms with Crippen LogP contribution >= 0.6 is 0 Å². The third-order valence-corrected chi connectivity index (χ3v) is 3.45. The highest BCUT2D eigenvalue weighted by Gasteiger charge is 2.61. The number of halogens is 4. The topological polar surface area (TPSA) is 50.4 Å². The predicted octanol–water partition coefficient (Wildman–Crippen LogP) is 3.89. The molecule has 124 valence electrons. The highest BCUT2D eigenvalue weighted by Crippen LogP contribution is 2.40. The fraction of sp³-hybridized carbons (Fsp3) is 0.500. The maximum atomic E-state index is 13.5. The monoisotopic (exact) mass is 322 g/mol. The van der Waals surface area contributed by atoms with Crippen LogP contribution in [0.25, 0.3) is 0 Å². The van der Waals surface area contributed by atoms with Crippen LogP contribution in [0, 0.1) is 0 Å². The molecule has 0 aliphatic heterocycles. The lowest BCUT2D eigenvalue weighted by atomic mass is 9.88. The maximum absolute atomic E-state index is 13.5. The molecular weight excluding hydrogens is 304 g/mol. The summed E-state index contributed by atoms with van der Waals surface area (Å²) in [6.45, 7) is 1.25. The van der Waals surface area contributed by atoms with Crippen LogP contribution in [-0.4, -0.2) is 30.5 Å². The number of methoxy groups -OCH3 is 1. The minimum atomic E-state index is -3.84. The number of hydrogen-bond donors (Lipinski definition) is 2. The summed E-state index contributed by atoms with van der Waals surface area (Å²) in [6.07, 6.45) is 0. The van der Waals surface area contributed by atoms with E-state index in [9.17, 15) is 22.4 Å². The van der Waals surface area contributed by atoms with Crippen molar-refractivity contribution < 1.29 is 27.1 Å². The molecular formula is C14H18F4N2O2. The van der Waals surface area contributed by atoms with Crippen LogP contribution in [0.2, 0.25) is 0 Å². The summed E-state index contributed by atoms with van der Waals surface area (Å²) in [6, 6.07) is 4.88. The zero-order valence-corrected chi connectivity index (χ0v) is 12.6. The van der Waals surface area contributed by atoms with E-state index >= 15 is 0 Å². The summed E-state index contributed by atoms with van der Waals surface area (Å²) < 4.78 is 59.1. The Morgan fingerprint density at radius 1 is 1.09 bits per heavy atom. The molecule has 0 heterocycles. The van der Waals surface area contributed by atoms with Gasteiger partial charge < -0.3 is 15.4 Å². The Hall–Kier alpha value is -1.99. The number of carbonyl (C=O) groups excluding carboxylic acids is 1. The van der Waals surface area contributed by atoms with Crippen molar-refractivity contribution >= 4 is 11.7 Å². The van der Waals surface area contributed by atoms with Crippen molar-refractivity contribution in [1.82, 2.24) is 5.32 Å². The maximum Gasteiger partial charge on any atom is 0.320 e. The number of anilines is 1. The Morgan fingerprint density at radius 3 is 2.09 bits per heavy atom. The first-order valence-electron chi connectivity index (χ1n) is 6.39. The van der Waals surface area contributed by atoms with E-state index in [0.717, 1.165) is 0 Å². The van der Waals surface area contributed by atoms with Crippen LogP contribution in [0.15, 0.2) is 24.3 Å². The lowest BCUT2D eigenvalue weighted by Gasteiger charge is -2.40. The first kappa shape index (κ1) is 18.1. The van der Waals surface area contributed by atoms with Gasteiger partial charge in [0.2, 0.25) is 0 Å². The van der Waals surface area contributed by atoms with Crippen molar-refractivity contribution in [2.24, 2.45) is 0 Å². The molecule has 1 aromatic rings. The molecule has 0 aromatic heterocycles. The number of urea groups is 1. The van der Waals surface area contributed by atoms with E-state index in [2.05, 4.69) is 5.32 Å². The smallest absolute Gasteiger partial charge is 0.320 e. The van der Waals surface area contributed by atoms with E-state index in [-0.39, 0.29) is 5.69 Å². The number of alkyl halides is 4. The van der Waals surface area contributed by atoms with Crippen molar-refractivity contribution in [3.8, 4) is 5.75 Å². The Kier molecular flexibility index (Phi) is 4.94. The van der Waals surface area contributed by atoms with Crippen molar-refractivity contribution in [1.29, 1.82) is 0 Å². The first-order valence-corrected chi connectivity index (χ1v) is 6.39. The number of nitrogens with one attached hydrogen (secondary N) is 2. The molecule has 0 saturated heterocycles. The summed E-state index contributed by atoms with van der Waals surface area (Å²) in [4.78, 5) is 11.8. The molecule has 1 aromatic carbocycles. The van der Waals surface area contributed by atoms with Crippen molar-refractivity contribution in [3.63, 3.8) is 0 Å². The molecule has 22 heavy (non-hydrogen) atoms. The van der Waals surface area contributed by atoms with E-state index in [0.29, 0.717) is 26.5 Å². The summed E-state index contributed by atoms with van der Waals surface area (Å²) in [5, 5.41) is 3.89. The van der Waals surface area contributed by atoms with E-state index < -0.39 is 23.4 Å². The summed E-state index contributed by atoms with van der Waals surface area (Å²) in [5.41, 5.74) is -2.82. The van der Waals surface area contributed by atoms with Gasteiger partial charge in [0.25, 0.3) is 11.8 Å². The van der Waals surface area contributed by atoms with Crippen LogP contribution in [0.3, 0.4) is 0 Å². The van der Waals surface area contributed by atoms with Gasteiger partial charge in [0.05, 0.1) is 7.11 Å². The molecule has 1 rings (SSSR count). The molecule has 8 heteroatoms. The molecule has 0 fully saturated rings. The molecule has 0 bridgehead atoms. The first-order chi connectivity index (χ1) is 9.90. The number of benzene rings is 1. The SMILES string of the molecule is COc1cccc(NC(=O)NC(C)(C(C)(F)F)C(C)(F)F)c1. The number of amides is 2. The second kappa shape index (κ2) is 6.02. The molecule has 0 aliphatic rings. The van der Waals surface area contributed by atoms with Gasteiger partial charge in [0, 0.05) is 25.6 Å². The lowest BCUT2D eigenvalue weighted by Crippen LogP contribution is -2.67. The van der Waals surface area contributed by atoms with Crippen LogP contribution in [0.4, 0.5) is 28.0 Å². The van der Waals surface area contributed by atoms with Crippen molar-refractivity contribution in [2.45, 2.75) is 38.2 Å². The van der Waals surface area contributed by atoms with Gasteiger partial charge in [-0.1, -0.05) is 6.07 Å². The fourth-order valence-electron chi connectivity index (χ4n) is 1.70. The number of rotatable bonds is 5. The van der Waals surface area contributed by atoms with Crippen LogP contribution < -0.4 is 15.4 Å². The fourth-order valence-corrected chi connectivity index (χ4v) is 1.70. The van der Waals surface area contributed by atoms with E-state index in [1.165, 1.54) is 19.2 Å². The molecule has 0 radical (unpaired) electrons. The van der Waals surface area contributed by atoms with Gasteiger partial charge in [-0.2, -0.15) is 0 Å². The highest BCUT2D eigenvalue weighted by atomic mass is 19.3. The van der Waals surface area contributed by atoms with E-state index in [1.807, 2.05) is 0 Å². The molecule has 2 N–H and O–H groups in total. The largest absolute Gasteiger partial charge is 0.497 e. The number of ether oxygens (including phenoxy) is 1. The molecule has 0 aliphatic carbocycles. The van der Waals surface area contributed by atoms with Gasteiger partial charge in [-0.05, 0) is 19.1 Å². The average Bonchev–Trinajstić information content (AvgIpc) is 2.36. The van der Waals surface area contributed by atoms with Crippen LogP contribution in [0.5, 0.6) is 5.75 Å².